The molecule has 1 saturated heterocycles. The van der Waals surface area contributed by atoms with Gasteiger partial charge in [0.2, 0.25) is 9.84 Å². The van der Waals surface area contributed by atoms with E-state index in [4.69, 9.17) is 0 Å². The molecule has 0 saturated carbocycles. The third kappa shape index (κ3) is 5.66. The van der Waals surface area contributed by atoms with E-state index in [-0.39, 0.29) is 51.5 Å². The van der Waals surface area contributed by atoms with Gasteiger partial charge in [0.05, 0.1) is 27.6 Å². The van der Waals surface area contributed by atoms with Crippen LogP contribution in [0.5, 0.6) is 0 Å². The van der Waals surface area contributed by atoms with Gasteiger partial charge in [-0.1, -0.05) is 24.3 Å². The van der Waals surface area contributed by atoms with Crippen molar-refractivity contribution >= 4 is 57.0 Å². The van der Waals surface area contributed by atoms with Crippen molar-refractivity contribution in [3.8, 4) is 10.6 Å². The van der Waals surface area contributed by atoms with E-state index >= 15 is 0 Å². The fourth-order valence-corrected chi connectivity index (χ4v) is 7.25. The van der Waals surface area contributed by atoms with E-state index in [1.165, 1.54) is 41.7 Å². The van der Waals surface area contributed by atoms with Crippen molar-refractivity contribution in [2.75, 3.05) is 31.5 Å². The maximum Gasteiger partial charge on any atom is 0.257 e. The lowest BCUT2D eigenvalue weighted by Crippen LogP contribution is -2.46. The van der Waals surface area contributed by atoms with Crippen LogP contribution in [0.1, 0.15) is 36.0 Å². The van der Waals surface area contributed by atoms with E-state index in [2.05, 4.69) is 20.9 Å². The van der Waals surface area contributed by atoms with Gasteiger partial charge in [-0.15, -0.1) is 23.7 Å². The molecule has 2 aliphatic heterocycles. The van der Waals surface area contributed by atoms with E-state index in [0.29, 0.717) is 18.7 Å². The summed E-state index contributed by atoms with van der Waals surface area (Å²) in [5.74, 6) is -0.967. The number of carbonyl (C=O) groups is 3. The number of piperazine rings is 1. The van der Waals surface area contributed by atoms with E-state index in [1.54, 1.807) is 30.5 Å². The number of halogens is 1. The molecule has 10 nitrogen and oxygen atoms in total. The van der Waals surface area contributed by atoms with Gasteiger partial charge in [-0.05, 0) is 42.5 Å². The topological polar surface area (TPSA) is 138 Å². The van der Waals surface area contributed by atoms with Crippen molar-refractivity contribution < 1.29 is 22.8 Å². The van der Waals surface area contributed by atoms with Gasteiger partial charge in [-0.3, -0.25) is 14.4 Å². The molecule has 2 aliphatic rings. The number of sulfone groups is 1. The summed E-state index contributed by atoms with van der Waals surface area (Å²) in [6.07, 6.45) is 1.68. The molecule has 0 bridgehead atoms. The summed E-state index contributed by atoms with van der Waals surface area (Å²) in [4.78, 5) is 45.3. The van der Waals surface area contributed by atoms with Crippen LogP contribution in [0.3, 0.4) is 0 Å². The molecule has 1 fully saturated rings. The summed E-state index contributed by atoms with van der Waals surface area (Å²) in [6.45, 7) is 3.18. The van der Waals surface area contributed by atoms with Gasteiger partial charge in [0.25, 0.3) is 17.7 Å². The maximum atomic E-state index is 13.2. The number of carbonyl (C=O) groups excluding carboxylic acids is 3. The second kappa shape index (κ2) is 12.0. The molecule has 3 aromatic carbocycles. The second-order valence-corrected chi connectivity index (χ2v) is 12.6. The first-order chi connectivity index (χ1) is 19.8. The predicted molar refractivity (Wildman–Crippen MR) is 161 cm³/mol. The Labute approximate surface area is 252 Å². The van der Waals surface area contributed by atoms with Crippen LogP contribution in [-0.2, 0) is 16.4 Å². The summed E-state index contributed by atoms with van der Waals surface area (Å²) in [5.41, 5.74) is 1.82. The van der Waals surface area contributed by atoms with Gasteiger partial charge >= 0.3 is 0 Å². The molecule has 6 rings (SSSR count). The Morgan fingerprint density at radius 1 is 0.952 bits per heavy atom. The van der Waals surface area contributed by atoms with Crippen LogP contribution >= 0.6 is 23.7 Å². The zero-order valence-electron chi connectivity index (χ0n) is 22.1. The molecule has 13 heteroatoms. The lowest BCUT2D eigenvalue weighted by atomic mass is 10.1. The summed E-state index contributed by atoms with van der Waals surface area (Å²) >= 11 is 1.42. The Hall–Kier alpha value is -4.10. The highest BCUT2D eigenvalue weighted by Crippen LogP contribution is 2.34. The van der Waals surface area contributed by atoms with Crippen molar-refractivity contribution in [3.05, 3.63) is 94.5 Å². The minimum absolute atomic E-state index is 0. The Balaban J connectivity index is 0.00000353. The van der Waals surface area contributed by atoms with E-state index in [0.717, 1.165) is 28.5 Å². The predicted octanol–water partition coefficient (Wildman–Crippen LogP) is 3.61. The highest BCUT2D eigenvalue weighted by atomic mass is 35.5. The number of rotatable bonds is 5. The molecule has 216 valence electrons. The average Bonchev–Trinajstić information content (AvgIpc) is 3.46. The summed E-state index contributed by atoms with van der Waals surface area (Å²) < 4.78 is 26.4. The molecule has 3 amide bonds. The van der Waals surface area contributed by atoms with E-state index in [1.807, 2.05) is 17.0 Å². The molecule has 3 heterocycles. The second-order valence-electron chi connectivity index (χ2n) is 9.60. The highest BCUT2D eigenvalue weighted by molar-refractivity contribution is 7.91. The SMILES string of the molecule is Cl.O=C(NCc1cnc(-c2ccc(C(=O)N3CCNCC3)cc2)s1)c1ccc2c(c1)NC(=O)c1ccccc1S2(=O)=O. The van der Waals surface area contributed by atoms with Crippen LogP contribution in [0.2, 0.25) is 0 Å². The zero-order valence-corrected chi connectivity index (χ0v) is 24.6. The number of amides is 3. The molecule has 0 radical (unpaired) electrons. The number of hydrogen-bond acceptors (Lipinski definition) is 8. The molecule has 0 atom stereocenters. The smallest absolute Gasteiger partial charge is 0.257 e. The largest absolute Gasteiger partial charge is 0.347 e. The van der Waals surface area contributed by atoms with Crippen molar-refractivity contribution in [2.24, 2.45) is 0 Å². The van der Waals surface area contributed by atoms with Gasteiger partial charge in [0.1, 0.15) is 5.01 Å². The lowest BCUT2D eigenvalue weighted by molar-refractivity contribution is 0.0735. The number of benzene rings is 3. The third-order valence-electron chi connectivity index (χ3n) is 6.96. The zero-order chi connectivity index (χ0) is 28.6. The minimum Gasteiger partial charge on any atom is -0.347 e. The first-order valence-corrected chi connectivity index (χ1v) is 15.2. The van der Waals surface area contributed by atoms with Gasteiger partial charge < -0.3 is 20.9 Å². The molecule has 4 aromatic rings. The number of aromatic nitrogens is 1. The Morgan fingerprint density at radius 2 is 1.67 bits per heavy atom. The first-order valence-electron chi connectivity index (χ1n) is 12.9. The summed E-state index contributed by atoms with van der Waals surface area (Å²) in [7, 11) is -3.95. The molecule has 0 unspecified atom stereocenters. The number of thiazole rings is 1. The monoisotopic (exact) mass is 623 g/mol. The van der Waals surface area contributed by atoms with Gasteiger partial charge in [0.15, 0.2) is 0 Å². The average molecular weight is 624 g/mol. The normalized spacial score (nSPS) is 15.3. The van der Waals surface area contributed by atoms with Crippen LogP contribution in [0.4, 0.5) is 5.69 Å². The minimum atomic E-state index is -3.95. The first kappa shape index (κ1) is 29.4. The molecule has 0 spiro atoms. The Morgan fingerprint density at radius 3 is 2.43 bits per heavy atom. The van der Waals surface area contributed by atoms with E-state index < -0.39 is 21.7 Å². The van der Waals surface area contributed by atoms with Crippen LogP contribution in [0, 0.1) is 0 Å². The molecule has 3 N–H and O–H groups in total. The van der Waals surface area contributed by atoms with Crippen LogP contribution in [0.15, 0.2) is 82.7 Å². The summed E-state index contributed by atoms with van der Waals surface area (Å²) in [6, 6.07) is 17.5. The van der Waals surface area contributed by atoms with Crippen molar-refractivity contribution in [3.63, 3.8) is 0 Å². The van der Waals surface area contributed by atoms with Crippen molar-refractivity contribution in [1.29, 1.82) is 0 Å². The quantitative estimate of drug-likeness (QED) is 0.309. The number of nitrogens with one attached hydrogen (secondary N) is 3. The third-order valence-corrected chi connectivity index (χ3v) is 9.88. The number of anilines is 1. The van der Waals surface area contributed by atoms with Gasteiger partial charge in [0, 0.05) is 53.9 Å². The fourth-order valence-electron chi connectivity index (χ4n) is 4.80. The van der Waals surface area contributed by atoms with Gasteiger partial charge in [-0.2, -0.15) is 0 Å². The van der Waals surface area contributed by atoms with Gasteiger partial charge in [-0.25, -0.2) is 13.4 Å². The fraction of sp³-hybridized carbons (Fsp3) is 0.172. The molecule has 0 aliphatic carbocycles. The van der Waals surface area contributed by atoms with Crippen LogP contribution in [-0.4, -0.2) is 62.2 Å². The summed E-state index contributed by atoms with van der Waals surface area (Å²) in [5, 5.41) is 9.44. The lowest BCUT2D eigenvalue weighted by Gasteiger charge is -2.27. The number of fused-ring (bicyclic) bond motifs is 2. The molecule has 1 aromatic heterocycles. The van der Waals surface area contributed by atoms with Crippen molar-refractivity contribution in [2.45, 2.75) is 16.3 Å². The molecular weight excluding hydrogens is 598 g/mol. The highest BCUT2D eigenvalue weighted by Gasteiger charge is 2.31. The van der Waals surface area contributed by atoms with Crippen LogP contribution in [0.25, 0.3) is 10.6 Å². The Kier molecular flexibility index (Phi) is 8.41. The number of nitrogens with zero attached hydrogens (tertiary/aromatic N) is 2. The van der Waals surface area contributed by atoms with E-state index in [9.17, 15) is 22.8 Å². The molecular formula is C29H26ClN5O5S2. The number of hydrogen-bond donors (Lipinski definition) is 3. The van der Waals surface area contributed by atoms with Crippen LogP contribution < -0.4 is 16.0 Å². The maximum absolute atomic E-state index is 13.2. The standard InChI is InChI=1S/C29H25N5O5S2.ClH/c35-26(20-9-10-25-23(15-20)33-27(36)22-3-1-2-4-24(22)41(25,38)39)31-16-21-17-32-28(40-21)18-5-7-19(8-6-18)29(37)34-13-11-30-12-14-34;/h1-10,15,17,30H,11-14,16H2,(H,31,35)(H,33,36);1H. The Bertz CT molecular complexity index is 1780. The molecule has 42 heavy (non-hydrogen) atoms. The van der Waals surface area contributed by atoms with Crippen molar-refractivity contribution in [1.82, 2.24) is 20.5 Å².